The number of aliphatic hydroxyl groups excluding tert-OH is 1. The van der Waals surface area contributed by atoms with Gasteiger partial charge in [-0.2, -0.15) is 0 Å². The third kappa shape index (κ3) is 5.14. The predicted octanol–water partition coefficient (Wildman–Crippen LogP) is 2.17. The van der Waals surface area contributed by atoms with Crippen LogP contribution in [0, 0.1) is 0 Å². The van der Waals surface area contributed by atoms with Gasteiger partial charge in [-0.1, -0.05) is 35.0 Å². The van der Waals surface area contributed by atoms with Crippen LogP contribution in [0.4, 0.5) is 0 Å². The maximum absolute atomic E-state index is 9.31. The number of hydrogen-bond acceptors (Lipinski definition) is 4. The van der Waals surface area contributed by atoms with Crippen LogP contribution in [0.5, 0.6) is 0 Å². The molecular formula is C15H25BrN2O2. The van der Waals surface area contributed by atoms with Gasteiger partial charge >= 0.3 is 0 Å². The van der Waals surface area contributed by atoms with Gasteiger partial charge in [0.2, 0.25) is 0 Å². The molecule has 2 unspecified atom stereocenters. The Kier molecular flexibility index (Phi) is 8.33. The molecule has 0 aliphatic heterocycles. The number of aliphatic hydroxyl groups is 1. The van der Waals surface area contributed by atoms with Crippen LogP contribution in [-0.2, 0) is 4.74 Å². The van der Waals surface area contributed by atoms with Gasteiger partial charge in [0.05, 0.1) is 19.3 Å². The highest BCUT2D eigenvalue weighted by Crippen LogP contribution is 2.27. The van der Waals surface area contributed by atoms with Crippen molar-refractivity contribution in [2.45, 2.75) is 25.4 Å². The van der Waals surface area contributed by atoms with Crippen LogP contribution in [0.15, 0.2) is 28.7 Å². The van der Waals surface area contributed by atoms with Gasteiger partial charge in [-0.25, -0.2) is 0 Å². The highest BCUT2D eigenvalue weighted by molar-refractivity contribution is 9.10. The lowest BCUT2D eigenvalue weighted by molar-refractivity contribution is 0.0899. The molecule has 114 valence electrons. The van der Waals surface area contributed by atoms with Crippen LogP contribution >= 0.6 is 15.9 Å². The Morgan fingerprint density at radius 3 is 2.70 bits per heavy atom. The van der Waals surface area contributed by atoms with Crippen molar-refractivity contribution in [1.82, 2.24) is 4.90 Å². The molecule has 4 nitrogen and oxygen atoms in total. The van der Waals surface area contributed by atoms with Gasteiger partial charge in [-0.05, 0) is 24.1 Å². The molecule has 0 bridgehead atoms. The summed E-state index contributed by atoms with van der Waals surface area (Å²) in [7, 11) is 1.69. The number of halogens is 1. The second kappa shape index (κ2) is 9.47. The minimum Gasteiger partial charge on any atom is -0.395 e. The lowest BCUT2D eigenvalue weighted by Gasteiger charge is -2.35. The van der Waals surface area contributed by atoms with Gasteiger partial charge in [0.1, 0.15) is 0 Å². The molecule has 0 radical (unpaired) electrons. The van der Waals surface area contributed by atoms with Gasteiger partial charge in [-0.15, -0.1) is 0 Å². The number of ether oxygens (including phenoxy) is 1. The zero-order chi connectivity index (χ0) is 15.0. The Morgan fingerprint density at radius 2 is 2.15 bits per heavy atom. The summed E-state index contributed by atoms with van der Waals surface area (Å²) >= 11 is 3.51. The standard InChI is InChI=1S/C15H25BrN2O2/c1-3-14(17)15(12-5-4-6-13(16)11-12)18(7-9-19)8-10-20-2/h4-6,11,14-15,19H,3,7-10,17H2,1-2H3. The van der Waals surface area contributed by atoms with Gasteiger partial charge < -0.3 is 15.6 Å². The van der Waals surface area contributed by atoms with Gasteiger partial charge in [-0.3, -0.25) is 4.90 Å². The smallest absolute Gasteiger partial charge is 0.0589 e. The summed E-state index contributed by atoms with van der Waals surface area (Å²) in [6.45, 7) is 4.17. The third-order valence-corrected chi connectivity index (χ3v) is 3.92. The summed E-state index contributed by atoms with van der Waals surface area (Å²) in [5.41, 5.74) is 7.49. The molecule has 0 fully saturated rings. The first kappa shape index (κ1) is 17.6. The van der Waals surface area contributed by atoms with E-state index in [1.54, 1.807) is 7.11 Å². The zero-order valence-electron chi connectivity index (χ0n) is 12.3. The fraction of sp³-hybridized carbons (Fsp3) is 0.600. The maximum atomic E-state index is 9.31. The van der Waals surface area contributed by atoms with E-state index < -0.39 is 0 Å². The normalized spacial score (nSPS) is 14.5. The van der Waals surface area contributed by atoms with E-state index >= 15 is 0 Å². The monoisotopic (exact) mass is 344 g/mol. The first-order valence-corrected chi connectivity index (χ1v) is 7.78. The van der Waals surface area contributed by atoms with Crippen molar-refractivity contribution in [2.24, 2.45) is 5.73 Å². The molecule has 0 spiro atoms. The molecule has 0 amide bonds. The van der Waals surface area contributed by atoms with Gasteiger partial charge in [0, 0.05) is 30.7 Å². The van der Waals surface area contributed by atoms with E-state index in [4.69, 9.17) is 10.5 Å². The maximum Gasteiger partial charge on any atom is 0.0589 e. The summed E-state index contributed by atoms with van der Waals surface area (Å²) in [5.74, 6) is 0. The number of hydrogen-bond donors (Lipinski definition) is 2. The van der Waals surface area contributed by atoms with E-state index in [2.05, 4.69) is 39.9 Å². The van der Waals surface area contributed by atoms with Crippen LogP contribution in [0.25, 0.3) is 0 Å². The van der Waals surface area contributed by atoms with Crippen LogP contribution in [0.2, 0.25) is 0 Å². The molecule has 5 heteroatoms. The van der Waals surface area contributed by atoms with Gasteiger partial charge in [0.25, 0.3) is 0 Å². The first-order chi connectivity index (χ1) is 9.63. The van der Waals surface area contributed by atoms with Crippen LogP contribution in [-0.4, -0.2) is 49.5 Å². The Morgan fingerprint density at radius 1 is 1.40 bits per heavy atom. The lowest BCUT2D eigenvalue weighted by atomic mass is 9.96. The second-order valence-electron chi connectivity index (χ2n) is 4.82. The second-order valence-corrected chi connectivity index (χ2v) is 5.74. The summed E-state index contributed by atoms with van der Waals surface area (Å²) in [4.78, 5) is 2.19. The fourth-order valence-corrected chi connectivity index (χ4v) is 2.79. The summed E-state index contributed by atoms with van der Waals surface area (Å²) < 4.78 is 6.21. The summed E-state index contributed by atoms with van der Waals surface area (Å²) in [6, 6.07) is 8.30. The van der Waals surface area contributed by atoms with E-state index in [-0.39, 0.29) is 18.7 Å². The summed E-state index contributed by atoms with van der Waals surface area (Å²) in [5, 5.41) is 9.31. The molecule has 0 aliphatic carbocycles. The lowest BCUT2D eigenvalue weighted by Crippen LogP contribution is -2.43. The van der Waals surface area contributed by atoms with Crippen LogP contribution in [0.1, 0.15) is 24.9 Å². The fourth-order valence-electron chi connectivity index (χ4n) is 2.37. The van der Waals surface area contributed by atoms with Crippen molar-refractivity contribution in [2.75, 3.05) is 33.4 Å². The van der Waals surface area contributed by atoms with E-state index in [0.717, 1.165) is 17.4 Å². The molecule has 1 rings (SSSR count). The Balaban J connectivity index is 3.01. The number of rotatable bonds is 9. The van der Waals surface area contributed by atoms with Crippen molar-refractivity contribution >= 4 is 15.9 Å². The van der Waals surface area contributed by atoms with Crippen molar-refractivity contribution in [1.29, 1.82) is 0 Å². The number of nitrogens with two attached hydrogens (primary N) is 1. The largest absolute Gasteiger partial charge is 0.395 e. The minimum atomic E-state index is 0.0210. The van der Waals surface area contributed by atoms with Gasteiger partial charge in [0.15, 0.2) is 0 Å². The average Bonchev–Trinajstić information content (AvgIpc) is 2.44. The highest BCUT2D eigenvalue weighted by Gasteiger charge is 2.25. The summed E-state index contributed by atoms with van der Waals surface area (Å²) in [6.07, 6.45) is 0.881. The van der Waals surface area contributed by atoms with E-state index in [1.807, 2.05) is 12.1 Å². The molecule has 0 saturated heterocycles. The number of nitrogens with zero attached hydrogens (tertiary/aromatic N) is 1. The SMILES string of the molecule is CCC(N)C(c1cccc(Br)c1)N(CCO)CCOC. The van der Waals surface area contributed by atoms with Crippen LogP contribution in [0.3, 0.4) is 0 Å². The van der Waals surface area contributed by atoms with Crippen molar-refractivity contribution in [3.05, 3.63) is 34.3 Å². The van der Waals surface area contributed by atoms with Crippen molar-refractivity contribution < 1.29 is 9.84 Å². The van der Waals surface area contributed by atoms with Crippen LogP contribution < -0.4 is 5.73 Å². The molecule has 0 saturated carbocycles. The Hall–Kier alpha value is -0.460. The zero-order valence-corrected chi connectivity index (χ0v) is 13.8. The molecule has 0 heterocycles. The average molecular weight is 345 g/mol. The quantitative estimate of drug-likeness (QED) is 0.720. The predicted molar refractivity (Wildman–Crippen MR) is 85.7 cm³/mol. The van der Waals surface area contributed by atoms with Crippen molar-refractivity contribution in [3.63, 3.8) is 0 Å². The Labute approximate surface area is 130 Å². The first-order valence-electron chi connectivity index (χ1n) is 6.98. The van der Waals surface area contributed by atoms with Crippen molar-refractivity contribution in [3.8, 4) is 0 Å². The minimum absolute atomic E-state index is 0.0210. The van der Waals surface area contributed by atoms with E-state index in [1.165, 1.54) is 5.56 Å². The number of methoxy groups -OCH3 is 1. The Bertz CT molecular complexity index is 390. The molecule has 1 aromatic carbocycles. The molecule has 0 aliphatic rings. The molecule has 1 aromatic rings. The van der Waals surface area contributed by atoms with E-state index in [9.17, 15) is 5.11 Å². The molecule has 20 heavy (non-hydrogen) atoms. The topological polar surface area (TPSA) is 58.7 Å². The molecular weight excluding hydrogens is 320 g/mol. The molecule has 2 atom stereocenters. The third-order valence-electron chi connectivity index (χ3n) is 3.43. The highest BCUT2D eigenvalue weighted by atomic mass is 79.9. The van der Waals surface area contributed by atoms with E-state index in [0.29, 0.717) is 13.2 Å². The number of benzene rings is 1. The molecule has 3 N–H and O–H groups in total. The molecule has 0 aromatic heterocycles.